The van der Waals surface area contributed by atoms with E-state index in [9.17, 15) is 0 Å². The van der Waals surface area contributed by atoms with E-state index in [1.54, 1.807) is 14.2 Å². The SMILES string of the molecule is COCCOc1ccc(-c2nc(-c3c(C)cccc3C)c3c(N)nn(CCC(C)(C)OC)c3n2)cc1.N. The highest BCUT2D eigenvalue weighted by Gasteiger charge is 2.23. The fourth-order valence-electron chi connectivity index (χ4n) is 4.17. The van der Waals surface area contributed by atoms with E-state index < -0.39 is 0 Å². The van der Waals surface area contributed by atoms with Gasteiger partial charge in [-0.3, -0.25) is 0 Å². The van der Waals surface area contributed by atoms with Crippen LogP contribution in [-0.4, -0.2) is 52.8 Å². The fourth-order valence-corrected chi connectivity index (χ4v) is 4.17. The van der Waals surface area contributed by atoms with Crippen LogP contribution in [0.3, 0.4) is 0 Å². The van der Waals surface area contributed by atoms with E-state index in [0.29, 0.717) is 37.0 Å². The number of aryl methyl sites for hydroxylation is 3. The maximum atomic E-state index is 6.48. The smallest absolute Gasteiger partial charge is 0.164 e. The molecule has 0 saturated carbocycles. The number of benzene rings is 2. The Morgan fingerprint density at radius 1 is 0.946 bits per heavy atom. The van der Waals surface area contributed by atoms with Crippen LogP contribution in [0, 0.1) is 13.8 Å². The maximum Gasteiger partial charge on any atom is 0.164 e. The largest absolute Gasteiger partial charge is 0.491 e. The summed E-state index contributed by atoms with van der Waals surface area (Å²) in [5.41, 5.74) is 11.9. The summed E-state index contributed by atoms with van der Waals surface area (Å²) in [5.74, 6) is 1.80. The second-order valence-corrected chi connectivity index (χ2v) is 9.55. The molecule has 198 valence electrons. The quantitative estimate of drug-likeness (QED) is 0.275. The number of anilines is 1. The summed E-state index contributed by atoms with van der Waals surface area (Å²) in [6.07, 6.45) is 0.755. The summed E-state index contributed by atoms with van der Waals surface area (Å²) in [4.78, 5) is 9.99. The van der Waals surface area contributed by atoms with Crippen molar-refractivity contribution in [3.05, 3.63) is 53.6 Å². The lowest BCUT2D eigenvalue weighted by molar-refractivity contribution is 0.0116. The van der Waals surface area contributed by atoms with Gasteiger partial charge in [0.05, 0.1) is 23.3 Å². The highest BCUT2D eigenvalue weighted by atomic mass is 16.5. The van der Waals surface area contributed by atoms with E-state index in [1.807, 2.05) is 28.9 Å². The molecule has 0 aliphatic heterocycles. The Morgan fingerprint density at radius 2 is 1.62 bits per heavy atom. The van der Waals surface area contributed by atoms with Crippen molar-refractivity contribution in [3.8, 4) is 28.4 Å². The topological polar surface area (TPSA) is 132 Å². The van der Waals surface area contributed by atoms with Gasteiger partial charge in [0.2, 0.25) is 0 Å². The zero-order chi connectivity index (χ0) is 25.9. The molecule has 0 amide bonds. The first-order chi connectivity index (χ1) is 17.2. The molecule has 37 heavy (non-hydrogen) atoms. The molecular weight excluding hydrogens is 468 g/mol. The Morgan fingerprint density at radius 3 is 2.24 bits per heavy atom. The molecule has 9 nitrogen and oxygen atoms in total. The van der Waals surface area contributed by atoms with Crippen molar-refractivity contribution >= 4 is 16.9 Å². The minimum Gasteiger partial charge on any atom is -0.491 e. The molecule has 4 rings (SSSR count). The van der Waals surface area contributed by atoms with Gasteiger partial charge in [-0.25, -0.2) is 14.6 Å². The average Bonchev–Trinajstić information content (AvgIpc) is 3.19. The molecule has 0 aliphatic carbocycles. The van der Waals surface area contributed by atoms with Gasteiger partial charge in [-0.15, -0.1) is 0 Å². The van der Waals surface area contributed by atoms with E-state index in [0.717, 1.165) is 45.5 Å². The van der Waals surface area contributed by atoms with Crippen molar-refractivity contribution in [1.29, 1.82) is 0 Å². The first-order valence-corrected chi connectivity index (χ1v) is 12.1. The number of aromatic nitrogens is 4. The van der Waals surface area contributed by atoms with Gasteiger partial charge in [0, 0.05) is 31.9 Å². The minimum absolute atomic E-state index is 0. The predicted octanol–water partition coefficient (Wildman–Crippen LogP) is 5.36. The second kappa shape index (κ2) is 11.7. The van der Waals surface area contributed by atoms with Crippen LogP contribution < -0.4 is 16.6 Å². The lowest BCUT2D eigenvalue weighted by atomic mass is 9.98. The molecular formula is C28H38N6O3. The van der Waals surface area contributed by atoms with Gasteiger partial charge in [0.15, 0.2) is 17.3 Å². The zero-order valence-electron chi connectivity index (χ0n) is 22.7. The standard InChI is InChI=1S/C28H35N5O3.H3N/c1-18-8-7-9-19(2)22(18)24-23-25(29)32-33(15-14-28(3,4)35-6)27(23)31-26(30-24)20-10-12-21(13-11-20)36-17-16-34-5;/h7-13H,14-17H2,1-6H3,(H2,29,32);1H3. The zero-order valence-corrected chi connectivity index (χ0v) is 22.7. The van der Waals surface area contributed by atoms with Crippen LogP contribution in [-0.2, 0) is 16.0 Å². The number of nitrogens with zero attached hydrogens (tertiary/aromatic N) is 4. The van der Waals surface area contributed by atoms with Crippen LogP contribution >= 0.6 is 0 Å². The summed E-state index contributed by atoms with van der Waals surface area (Å²) in [6.45, 7) is 9.93. The molecule has 0 saturated heterocycles. The third-order valence-corrected chi connectivity index (χ3v) is 6.48. The first-order valence-electron chi connectivity index (χ1n) is 12.1. The molecule has 2 aromatic carbocycles. The van der Waals surface area contributed by atoms with Crippen molar-refractivity contribution in [2.45, 2.75) is 46.3 Å². The van der Waals surface area contributed by atoms with Crippen molar-refractivity contribution in [1.82, 2.24) is 25.9 Å². The summed E-state index contributed by atoms with van der Waals surface area (Å²) in [7, 11) is 3.37. The van der Waals surface area contributed by atoms with E-state index in [1.165, 1.54) is 0 Å². The van der Waals surface area contributed by atoms with Gasteiger partial charge < -0.3 is 26.1 Å². The highest BCUT2D eigenvalue weighted by Crippen LogP contribution is 2.36. The van der Waals surface area contributed by atoms with E-state index in [-0.39, 0.29) is 11.8 Å². The molecule has 2 aromatic heterocycles. The molecule has 9 heteroatoms. The Labute approximate surface area is 218 Å². The molecule has 0 radical (unpaired) electrons. The van der Waals surface area contributed by atoms with Gasteiger partial charge in [-0.05, 0) is 69.5 Å². The van der Waals surface area contributed by atoms with Crippen molar-refractivity contribution in [2.75, 3.05) is 33.2 Å². The van der Waals surface area contributed by atoms with Gasteiger partial charge in [-0.2, -0.15) is 5.10 Å². The van der Waals surface area contributed by atoms with E-state index in [2.05, 4.69) is 51.0 Å². The number of fused-ring (bicyclic) bond motifs is 1. The summed E-state index contributed by atoms with van der Waals surface area (Å²) in [5, 5.41) is 5.44. The third kappa shape index (κ3) is 6.07. The molecule has 0 spiro atoms. The highest BCUT2D eigenvalue weighted by molar-refractivity contribution is 6.00. The Balaban J connectivity index is 0.00000380. The van der Waals surface area contributed by atoms with Crippen LogP contribution in [0.25, 0.3) is 33.7 Å². The number of methoxy groups -OCH3 is 2. The van der Waals surface area contributed by atoms with E-state index >= 15 is 0 Å². The molecule has 0 aliphatic rings. The molecule has 0 unspecified atom stereocenters. The number of hydrogen-bond donors (Lipinski definition) is 2. The number of nitrogen functional groups attached to an aromatic ring is 1. The molecule has 0 atom stereocenters. The van der Waals surface area contributed by atoms with Crippen LogP contribution in [0.15, 0.2) is 42.5 Å². The molecule has 5 N–H and O–H groups in total. The average molecular weight is 507 g/mol. The van der Waals surface area contributed by atoms with Crippen molar-refractivity contribution in [2.24, 2.45) is 0 Å². The third-order valence-electron chi connectivity index (χ3n) is 6.48. The lowest BCUT2D eigenvalue weighted by Crippen LogP contribution is -2.24. The van der Waals surface area contributed by atoms with Crippen LogP contribution in [0.4, 0.5) is 5.82 Å². The summed E-state index contributed by atoms with van der Waals surface area (Å²) in [6, 6.07) is 14.0. The van der Waals surface area contributed by atoms with Crippen molar-refractivity contribution in [3.63, 3.8) is 0 Å². The Hall–Kier alpha value is -3.53. The summed E-state index contributed by atoms with van der Waals surface area (Å²) < 4.78 is 18.3. The van der Waals surface area contributed by atoms with Crippen LogP contribution in [0.2, 0.25) is 0 Å². The first kappa shape index (κ1) is 28.0. The van der Waals surface area contributed by atoms with Crippen LogP contribution in [0.1, 0.15) is 31.4 Å². The maximum absolute atomic E-state index is 6.48. The number of nitrogens with two attached hydrogens (primary N) is 1. The Kier molecular flexibility index (Phi) is 8.85. The Bertz CT molecular complexity index is 1330. The molecule has 0 bridgehead atoms. The van der Waals surface area contributed by atoms with Gasteiger partial charge in [0.1, 0.15) is 12.4 Å². The molecule has 0 fully saturated rings. The van der Waals surface area contributed by atoms with Gasteiger partial charge >= 0.3 is 0 Å². The summed E-state index contributed by atoms with van der Waals surface area (Å²) >= 11 is 0. The van der Waals surface area contributed by atoms with Gasteiger partial charge in [-0.1, -0.05) is 18.2 Å². The minimum atomic E-state index is -0.295. The van der Waals surface area contributed by atoms with E-state index in [4.69, 9.17) is 29.9 Å². The molecule has 2 heterocycles. The number of hydrogen-bond acceptors (Lipinski definition) is 8. The predicted molar refractivity (Wildman–Crippen MR) is 148 cm³/mol. The fraction of sp³-hybridized carbons (Fsp3) is 0.393. The number of ether oxygens (including phenoxy) is 3. The monoisotopic (exact) mass is 506 g/mol. The van der Waals surface area contributed by atoms with Crippen molar-refractivity contribution < 1.29 is 14.2 Å². The normalized spacial score (nSPS) is 11.5. The van der Waals surface area contributed by atoms with Gasteiger partial charge in [0.25, 0.3) is 0 Å². The lowest BCUT2D eigenvalue weighted by Gasteiger charge is -2.22. The number of rotatable bonds is 10. The molecule has 4 aromatic rings. The second-order valence-electron chi connectivity index (χ2n) is 9.55. The van der Waals surface area contributed by atoms with Crippen LogP contribution in [0.5, 0.6) is 5.75 Å².